The number of H-pyrrole nitrogens is 1. The number of benzene rings is 1. The molecule has 0 spiro atoms. The molecule has 1 aromatic heterocycles. The highest BCUT2D eigenvalue weighted by Crippen LogP contribution is 2.14. The second-order valence-electron chi connectivity index (χ2n) is 3.56. The fourth-order valence-corrected chi connectivity index (χ4v) is 1.46. The molecule has 1 aromatic carbocycles. The summed E-state index contributed by atoms with van der Waals surface area (Å²) in [5.41, 5.74) is -0.307. The zero-order valence-electron chi connectivity index (χ0n) is 8.66. The number of alkyl halides is 2. The lowest BCUT2D eigenvalue weighted by atomic mass is 10.2. The molecular weight excluding hydrogens is 233 g/mol. The number of aromatic amines is 1. The Kier molecular flexibility index (Phi) is 3.03. The fraction of sp³-hybridized carbons (Fsp3) is 0.182. The van der Waals surface area contributed by atoms with E-state index in [-0.39, 0.29) is 12.4 Å². The van der Waals surface area contributed by atoms with Gasteiger partial charge in [0.1, 0.15) is 11.5 Å². The number of nitrogens with one attached hydrogen (secondary N) is 1. The Balaban J connectivity index is 2.24. The highest BCUT2D eigenvalue weighted by Gasteiger charge is 2.12. The first-order chi connectivity index (χ1) is 8.06. The van der Waals surface area contributed by atoms with Gasteiger partial charge in [0.25, 0.3) is 12.0 Å². The molecule has 2 rings (SSSR count). The Morgan fingerprint density at radius 2 is 1.88 bits per heavy atom. The van der Waals surface area contributed by atoms with E-state index >= 15 is 0 Å². The molecule has 0 atom stereocenters. The van der Waals surface area contributed by atoms with E-state index in [0.29, 0.717) is 5.56 Å². The monoisotopic (exact) mass is 242 g/mol. The van der Waals surface area contributed by atoms with E-state index in [4.69, 9.17) is 0 Å². The third-order valence-corrected chi connectivity index (χ3v) is 2.30. The number of halogens is 3. The Morgan fingerprint density at radius 3 is 2.41 bits per heavy atom. The van der Waals surface area contributed by atoms with Gasteiger partial charge in [-0.2, -0.15) is 0 Å². The third-order valence-electron chi connectivity index (χ3n) is 2.30. The minimum Gasteiger partial charge on any atom is -0.294 e. The van der Waals surface area contributed by atoms with Crippen LogP contribution in [0.5, 0.6) is 0 Å². The maximum Gasteiger partial charge on any atom is 0.279 e. The van der Waals surface area contributed by atoms with Crippen molar-refractivity contribution in [1.29, 1.82) is 0 Å². The first-order valence-electron chi connectivity index (χ1n) is 4.88. The van der Waals surface area contributed by atoms with Gasteiger partial charge in [-0.1, -0.05) is 12.1 Å². The molecule has 0 radical (unpaired) electrons. The molecular formula is C11H9F3N2O. The van der Waals surface area contributed by atoms with Crippen LogP contribution in [0.1, 0.15) is 17.7 Å². The largest absolute Gasteiger partial charge is 0.294 e. The number of nitrogens with zero attached hydrogens (tertiary/aromatic N) is 1. The number of rotatable bonds is 3. The Labute approximate surface area is 94.5 Å². The molecule has 3 nitrogen and oxygen atoms in total. The van der Waals surface area contributed by atoms with Crippen LogP contribution >= 0.6 is 0 Å². The molecule has 0 aliphatic rings. The second kappa shape index (κ2) is 4.48. The van der Waals surface area contributed by atoms with E-state index in [2.05, 4.69) is 5.10 Å². The molecule has 0 saturated carbocycles. The SMILES string of the molecule is O=c1cc(C(F)F)[nH]n1Cc1ccc(F)cc1. The predicted octanol–water partition coefficient (Wildman–Crippen LogP) is 2.30. The second-order valence-corrected chi connectivity index (χ2v) is 3.56. The smallest absolute Gasteiger partial charge is 0.279 e. The molecule has 0 unspecified atom stereocenters. The van der Waals surface area contributed by atoms with Gasteiger partial charge in [-0.05, 0) is 17.7 Å². The molecule has 0 aliphatic heterocycles. The normalized spacial score (nSPS) is 11.1. The maximum absolute atomic E-state index is 12.6. The van der Waals surface area contributed by atoms with Gasteiger partial charge in [0.2, 0.25) is 0 Å². The lowest BCUT2D eigenvalue weighted by Crippen LogP contribution is -2.16. The summed E-state index contributed by atoms with van der Waals surface area (Å²) >= 11 is 0. The Hall–Kier alpha value is -1.98. The minimum absolute atomic E-state index is 0.103. The predicted molar refractivity (Wildman–Crippen MR) is 55.5 cm³/mol. The van der Waals surface area contributed by atoms with E-state index in [1.165, 1.54) is 24.3 Å². The number of hydrogen-bond donors (Lipinski definition) is 1. The highest BCUT2D eigenvalue weighted by molar-refractivity contribution is 5.16. The van der Waals surface area contributed by atoms with Crippen molar-refractivity contribution in [2.75, 3.05) is 0 Å². The van der Waals surface area contributed by atoms with Crippen LogP contribution in [0.2, 0.25) is 0 Å². The van der Waals surface area contributed by atoms with Crippen molar-refractivity contribution in [3.63, 3.8) is 0 Å². The summed E-state index contributed by atoms with van der Waals surface area (Å²) in [4.78, 5) is 11.3. The van der Waals surface area contributed by atoms with Gasteiger partial charge < -0.3 is 0 Å². The van der Waals surface area contributed by atoms with Gasteiger partial charge >= 0.3 is 0 Å². The van der Waals surface area contributed by atoms with Crippen molar-refractivity contribution in [1.82, 2.24) is 9.78 Å². The molecule has 1 heterocycles. The van der Waals surface area contributed by atoms with Crippen molar-refractivity contribution in [3.8, 4) is 0 Å². The summed E-state index contributed by atoms with van der Waals surface area (Å²) in [5, 5.41) is 2.30. The minimum atomic E-state index is -2.71. The zero-order chi connectivity index (χ0) is 12.4. The van der Waals surface area contributed by atoms with Crippen LogP contribution in [0, 0.1) is 5.82 Å². The van der Waals surface area contributed by atoms with Gasteiger partial charge in [0.05, 0.1) is 6.54 Å². The van der Waals surface area contributed by atoms with Gasteiger partial charge in [-0.3, -0.25) is 9.89 Å². The number of hydrogen-bond acceptors (Lipinski definition) is 1. The van der Waals surface area contributed by atoms with Gasteiger partial charge in [-0.15, -0.1) is 0 Å². The van der Waals surface area contributed by atoms with E-state index < -0.39 is 17.7 Å². The summed E-state index contributed by atoms with van der Waals surface area (Å²) in [6.45, 7) is 0.103. The molecule has 2 aromatic rings. The molecule has 0 bridgehead atoms. The van der Waals surface area contributed by atoms with Crippen molar-refractivity contribution in [2.24, 2.45) is 0 Å². The van der Waals surface area contributed by atoms with Crippen LogP contribution in [0.3, 0.4) is 0 Å². The summed E-state index contributed by atoms with van der Waals surface area (Å²) in [6.07, 6.45) is -2.71. The molecule has 0 saturated heterocycles. The number of aromatic nitrogens is 2. The van der Waals surface area contributed by atoms with Crippen molar-refractivity contribution in [2.45, 2.75) is 13.0 Å². The lowest BCUT2D eigenvalue weighted by molar-refractivity contribution is 0.145. The van der Waals surface area contributed by atoms with Crippen molar-refractivity contribution in [3.05, 3.63) is 57.8 Å². The average molecular weight is 242 g/mol. The van der Waals surface area contributed by atoms with E-state index in [9.17, 15) is 18.0 Å². The van der Waals surface area contributed by atoms with Crippen molar-refractivity contribution < 1.29 is 13.2 Å². The molecule has 1 N–H and O–H groups in total. The molecule has 6 heteroatoms. The topological polar surface area (TPSA) is 37.8 Å². The van der Waals surface area contributed by atoms with E-state index in [0.717, 1.165) is 10.7 Å². The zero-order valence-corrected chi connectivity index (χ0v) is 8.66. The Morgan fingerprint density at radius 1 is 1.24 bits per heavy atom. The van der Waals surface area contributed by atoms with E-state index in [1.54, 1.807) is 0 Å². The third kappa shape index (κ3) is 2.58. The van der Waals surface area contributed by atoms with Crippen LogP contribution in [0.4, 0.5) is 13.2 Å². The van der Waals surface area contributed by atoms with Crippen LogP contribution in [-0.2, 0) is 6.54 Å². The van der Waals surface area contributed by atoms with Gasteiger partial charge in [-0.25, -0.2) is 17.9 Å². The van der Waals surface area contributed by atoms with E-state index in [1.807, 2.05) is 0 Å². The summed E-state index contributed by atoms with van der Waals surface area (Å²) in [7, 11) is 0. The molecule has 0 fully saturated rings. The van der Waals surface area contributed by atoms with Gasteiger partial charge in [0.15, 0.2) is 0 Å². The quantitative estimate of drug-likeness (QED) is 0.881. The fourth-order valence-electron chi connectivity index (χ4n) is 1.46. The molecule has 0 amide bonds. The van der Waals surface area contributed by atoms with Crippen LogP contribution in [0.15, 0.2) is 35.1 Å². The highest BCUT2D eigenvalue weighted by atomic mass is 19.3. The summed E-state index contributed by atoms with van der Waals surface area (Å²) in [6, 6.07) is 6.33. The maximum atomic E-state index is 12.6. The van der Waals surface area contributed by atoms with Crippen LogP contribution in [-0.4, -0.2) is 9.78 Å². The summed E-state index contributed by atoms with van der Waals surface area (Å²) in [5.74, 6) is -0.388. The first-order valence-corrected chi connectivity index (χ1v) is 4.88. The molecule has 0 aliphatic carbocycles. The lowest BCUT2D eigenvalue weighted by Gasteiger charge is -2.02. The average Bonchev–Trinajstić information content (AvgIpc) is 2.64. The van der Waals surface area contributed by atoms with Crippen LogP contribution in [0.25, 0.3) is 0 Å². The van der Waals surface area contributed by atoms with Gasteiger partial charge in [0, 0.05) is 6.07 Å². The first kappa shape index (κ1) is 11.5. The summed E-state index contributed by atoms with van der Waals surface area (Å²) < 4.78 is 38.3. The molecule has 90 valence electrons. The molecule has 17 heavy (non-hydrogen) atoms. The standard InChI is InChI=1S/C11H9F3N2O/c12-8-3-1-7(2-4-8)6-16-10(17)5-9(15-16)11(13)14/h1-5,11,15H,6H2. The van der Waals surface area contributed by atoms with Crippen molar-refractivity contribution >= 4 is 0 Å². The van der Waals surface area contributed by atoms with Crippen LogP contribution < -0.4 is 5.56 Å². The Bertz CT molecular complexity index is 557.